The molecule has 1 aliphatic carbocycles. The van der Waals surface area contributed by atoms with E-state index in [9.17, 15) is 14.4 Å². The number of hydrogen-bond donors (Lipinski definition) is 1. The molecule has 6 nitrogen and oxygen atoms in total. The van der Waals surface area contributed by atoms with Crippen LogP contribution in [0.2, 0.25) is 0 Å². The topological polar surface area (TPSA) is 75.7 Å². The Morgan fingerprint density at radius 3 is 2.56 bits per heavy atom. The van der Waals surface area contributed by atoms with Crippen molar-refractivity contribution in [2.45, 2.75) is 57.4 Å². The zero-order chi connectivity index (χ0) is 19.3. The van der Waals surface area contributed by atoms with Crippen molar-refractivity contribution in [1.82, 2.24) is 5.32 Å². The van der Waals surface area contributed by atoms with Crippen molar-refractivity contribution < 1.29 is 19.1 Å². The third-order valence-electron chi connectivity index (χ3n) is 5.58. The maximum Gasteiger partial charge on any atom is 0.308 e. The molecule has 0 unspecified atom stereocenters. The second-order valence-electron chi connectivity index (χ2n) is 7.48. The molecule has 1 N–H and O–H groups in total. The van der Waals surface area contributed by atoms with Crippen LogP contribution in [-0.4, -0.2) is 36.5 Å². The molecule has 1 aliphatic heterocycles. The number of para-hydroxylation sites is 1. The average molecular weight is 372 g/mol. The first-order valence-corrected chi connectivity index (χ1v) is 9.89. The molecule has 1 aromatic carbocycles. The van der Waals surface area contributed by atoms with E-state index in [1.54, 1.807) is 11.8 Å². The van der Waals surface area contributed by atoms with Gasteiger partial charge in [-0.25, -0.2) is 0 Å². The molecule has 2 amide bonds. The zero-order valence-electron chi connectivity index (χ0n) is 15.9. The molecule has 3 rings (SSSR count). The smallest absolute Gasteiger partial charge is 0.308 e. The van der Waals surface area contributed by atoms with E-state index in [0.717, 1.165) is 37.8 Å². The Labute approximate surface area is 160 Å². The van der Waals surface area contributed by atoms with E-state index in [2.05, 4.69) is 5.32 Å². The minimum absolute atomic E-state index is 0.166. The van der Waals surface area contributed by atoms with Gasteiger partial charge in [0, 0.05) is 12.2 Å². The number of anilines is 1. The predicted molar refractivity (Wildman–Crippen MR) is 102 cm³/mol. The number of benzene rings is 1. The Morgan fingerprint density at radius 2 is 1.89 bits per heavy atom. The van der Waals surface area contributed by atoms with Crippen molar-refractivity contribution in [3.05, 3.63) is 30.3 Å². The van der Waals surface area contributed by atoms with Crippen molar-refractivity contribution in [3.63, 3.8) is 0 Å². The third kappa shape index (κ3) is 4.49. The molecule has 1 aromatic rings. The van der Waals surface area contributed by atoms with Crippen LogP contribution in [0.25, 0.3) is 0 Å². The summed E-state index contributed by atoms with van der Waals surface area (Å²) < 4.78 is 5.11. The van der Waals surface area contributed by atoms with E-state index in [1.165, 1.54) is 0 Å². The number of hydrogen-bond acceptors (Lipinski definition) is 4. The van der Waals surface area contributed by atoms with Crippen LogP contribution >= 0.6 is 0 Å². The standard InChI is InChI=1S/C21H28N2O4/c1-2-27-18(24)15-21(12-7-4-8-13-21)22-19(25)17-11-14-23(20(17)26)16-9-5-3-6-10-16/h3,5-6,9-10,17H,2,4,7-8,11-15H2,1H3,(H,22,25)/t17-/m1/s1. The Bertz CT molecular complexity index is 683. The molecule has 0 spiro atoms. The van der Waals surface area contributed by atoms with Crippen molar-refractivity contribution in [2.75, 3.05) is 18.1 Å². The van der Waals surface area contributed by atoms with Crippen LogP contribution in [0.1, 0.15) is 51.9 Å². The first-order valence-electron chi connectivity index (χ1n) is 9.89. The summed E-state index contributed by atoms with van der Waals surface area (Å²) in [6.45, 7) is 2.64. The lowest BCUT2D eigenvalue weighted by Gasteiger charge is -2.38. The van der Waals surface area contributed by atoms with Gasteiger partial charge in [0.2, 0.25) is 11.8 Å². The lowest BCUT2D eigenvalue weighted by atomic mass is 9.79. The Hall–Kier alpha value is -2.37. The predicted octanol–water partition coefficient (Wildman–Crippen LogP) is 2.81. The zero-order valence-corrected chi connectivity index (χ0v) is 15.9. The molecular weight excluding hydrogens is 344 g/mol. The molecule has 0 bridgehead atoms. The average Bonchev–Trinajstić information content (AvgIpc) is 3.04. The summed E-state index contributed by atoms with van der Waals surface area (Å²) in [7, 11) is 0. The van der Waals surface area contributed by atoms with Gasteiger partial charge in [-0.15, -0.1) is 0 Å². The molecule has 27 heavy (non-hydrogen) atoms. The summed E-state index contributed by atoms with van der Waals surface area (Å²) in [4.78, 5) is 39.5. The first-order chi connectivity index (χ1) is 13.0. The summed E-state index contributed by atoms with van der Waals surface area (Å²) in [6.07, 6.45) is 5.21. The van der Waals surface area contributed by atoms with Gasteiger partial charge in [-0.3, -0.25) is 14.4 Å². The second-order valence-corrected chi connectivity index (χ2v) is 7.48. The highest BCUT2D eigenvalue weighted by Crippen LogP contribution is 2.33. The molecule has 0 radical (unpaired) electrons. The fourth-order valence-electron chi connectivity index (χ4n) is 4.20. The summed E-state index contributed by atoms with van der Waals surface area (Å²) in [5.41, 5.74) is 0.235. The molecule has 1 atom stereocenters. The fourth-order valence-corrected chi connectivity index (χ4v) is 4.20. The number of rotatable bonds is 6. The van der Waals surface area contributed by atoms with E-state index >= 15 is 0 Å². The quantitative estimate of drug-likeness (QED) is 0.615. The monoisotopic (exact) mass is 372 g/mol. The van der Waals surface area contributed by atoms with Crippen molar-refractivity contribution in [1.29, 1.82) is 0 Å². The van der Waals surface area contributed by atoms with Crippen LogP contribution in [0, 0.1) is 5.92 Å². The van der Waals surface area contributed by atoms with Gasteiger partial charge in [-0.2, -0.15) is 0 Å². The van der Waals surface area contributed by atoms with Crippen molar-refractivity contribution >= 4 is 23.5 Å². The van der Waals surface area contributed by atoms with Crippen molar-refractivity contribution in [3.8, 4) is 0 Å². The molecule has 1 heterocycles. The van der Waals surface area contributed by atoms with Gasteiger partial charge in [0.05, 0.1) is 18.6 Å². The first kappa shape index (κ1) is 19.4. The molecule has 6 heteroatoms. The molecule has 1 saturated carbocycles. The summed E-state index contributed by atoms with van der Waals surface area (Å²) in [6, 6.07) is 9.42. The van der Waals surface area contributed by atoms with E-state index in [0.29, 0.717) is 19.6 Å². The maximum atomic E-state index is 12.9. The summed E-state index contributed by atoms with van der Waals surface area (Å²) in [5.74, 6) is -1.40. The van der Waals surface area contributed by atoms with Gasteiger partial charge in [0.15, 0.2) is 0 Å². The highest BCUT2D eigenvalue weighted by molar-refractivity contribution is 6.09. The molecular formula is C21H28N2O4. The molecule has 2 fully saturated rings. The van der Waals surface area contributed by atoms with Gasteiger partial charge in [-0.1, -0.05) is 37.5 Å². The van der Waals surface area contributed by atoms with Gasteiger partial charge in [0.1, 0.15) is 5.92 Å². The number of ether oxygens (including phenoxy) is 1. The second kappa shape index (κ2) is 8.55. The number of amides is 2. The maximum absolute atomic E-state index is 12.9. The number of nitrogens with zero attached hydrogens (tertiary/aromatic N) is 1. The molecule has 2 aliphatic rings. The minimum atomic E-state index is -0.689. The fraction of sp³-hybridized carbons (Fsp3) is 0.571. The third-order valence-corrected chi connectivity index (χ3v) is 5.58. The van der Waals surface area contributed by atoms with Crippen LogP contribution in [0.4, 0.5) is 5.69 Å². The Balaban J connectivity index is 1.68. The highest BCUT2D eigenvalue weighted by atomic mass is 16.5. The van der Waals surface area contributed by atoms with E-state index < -0.39 is 11.5 Å². The lowest BCUT2D eigenvalue weighted by Crippen LogP contribution is -2.53. The van der Waals surface area contributed by atoms with Crippen molar-refractivity contribution in [2.24, 2.45) is 5.92 Å². The summed E-state index contributed by atoms with van der Waals surface area (Å²) in [5, 5.41) is 3.08. The van der Waals surface area contributed by atoms with Gasteiger partial charge >= 0.3 is 5.97 Å². The molecule has 0 aromatic heterocycles. The lowest BCUT2D eigenvalue weighted by molar-refractivity contribution is -0.145. The van der Waals surface area contributed by atoms with E-state index in [1.807, 2.05) is 30.3 Å². The number of carbonyl (C=O) groups is 3. The number of carbonyl (C=O) groups excluding carboxylic acids is 3. The van der Waals surface area contributed by atoms with Crippen LogP contribution in [0.3, 0.4) is 0 Å². The van der Waals surface area contributed by atoms with E-state index in [-0.39, 0.29) is 24.2 Å². The Kier molecular flexibility index (Phi) is 6.14. The minimum Gasteiger partial charge on any atom is -0.466 e. The molecule has 1 saturated heterocycles. The largest absolute Gasteiger partial charge is 0.466 e. The van der Waals surface area contributed by atoms with E-state index in [4.69, 9.17) is 4.74 Å². The number of nitrogens with one attached hydrogen (secondary N) is 1. The van der Waals surface area contributed by atoms with Crippen LogP contribution in [0.5, 0.6) is 0 Å². The molecule has 146 valence electrons. The number of esters is 1. The van der Waals surface area contributed by atoms with Crippen LogP contribution in [-0.2, 0) is 19.1 Å². The van der Waals surface area contributed by atoms with Crippen LogP contribution < -0.4 is 10.2 Å². The van der Waals surface area contributed by atoms with Gasteiger partial charge in [-0.05, 0) is 38.3 Å². The SMILES string of the molecule is CCOC(=O)CC1(NC(=O)[C@H]2CCN(c3ccccc3)C2=O)CCCCC1. The summed E-state index contributed by atoms with van der Waals surface area (Å²) >= 11 is 0. The van der Waals surface area contributed by atoms with Gasteiger partial charge in [0.25, 0.3) is 0 Å². The van der Waals surface area contributed by atoms with Crippen LogP contribution in [0.15, 0.2) is 30.3 Å². The highest BCUT2D eigenvalue weighted by Gasteiger charge is 2.42. The Morgan fingerprint density at radius 1 is 1.19 bits per heavy atom. The normalized spacial score (nSPS) is 21.7. The van der Waals surface area contributed by atoms with Gasteiger partial charge < -0.3 is 15.0 Å².